The van der Waals surface area contributed by atoms with Crippen molar-refractivity contribution in [2.45, 2.75) is 20.4 Å². The van der Waals surface area contributed by atoms with E-state index in [0.717, 1.165) is 22.6 Å². The van der Waals surface area contributed by atoms with Gasteiger partial charge in [-0.2, -0.15) is 0 Å². The lowest BCUT2D eigenvalue weighted by molar-refractivity contribution is 0.0944. The molecule has 0 bridgehead atoms. The number of fused-ring (bicyclic) bond motifs is 1. The second-order valence-corrected chi connectivity index (χ2v) is 4.93. The van der Waals surface area contributed by atoms with Crippen molar-refractivity contribution in [1.82, 2.24) is 19.7 Å². The first kappa shape index (κ1) is 13.3. The Balaban J connectivity index is 1.88. The SMILES string of the molecule is Cc1nc2c(C)cccn2c1C(=O)NCc1ccccn1. The van der Waals surface area contributed by atoms with Crippen LogP contribution in [0.3, 0.4) is 0 Å². The minimum atomic E-state index is -0.142. The third-order valence-electron chi connectivity index (χ3n) is 3.39. The van der Waals surface area contributed by atoms with Crippen molar-refractivity contribution in [3.63, 3.8) is 0 Å². The number of hydrogen-bond acceptors (Lipinski definition) is 3. The zero-order valence-corrected chi connectivity index (χ0v) is 12.0. The molecule has 0 atom stereocenters. The second-order valence-electron chi connectivity index (χ2n) is 4.93. The molecule has 0 aliphatic rings. The standard InChI is InChI=1S/C16H16N4O/c1-11-6-5-9-20-14(12(2)19-15(11)20)16(21)18-10-13-7-3-4-8-17-13/h3-9H,10H2,1-2H3,(H,18,21). The summed E-state index contributed by atoms with van der Waals surface area (Å²) in [7, 11) is 0. The fourth-order valence-electron chi connectivity index (χ4n) is 2.35. The summed E-state index contributed by atoms with van der Waals surface area (Å²) in [4.78, 5) is 21.1. The molecule has 3 aromatic heterocycles. The van der Waals surface area contributed by atoms with E-state index in [-0.39, 0.29) is 5.91 Å². The molecule has 0 aromatic carbocycles. The Hall–Kier alpha value is -2.69. The van der Waals surface area contributed by atoms with Crippen molar-refractivity contribution < 1.29 is 4.79 Å². The van der Waals surface area contributed by atoms with Gasteiger partial charge in [0.1, 0.15) is 11.3 Å². The van der Waals surface area contributed by atoms with Crippen molar-refractivity contribution in [1.29, 1.82) is 0 Å². The number of pyridine rings is 2. The highest BCUT2D eigenvalue weighted by molar-refractivity contribution is 5.94. The van der Waals surface area contributed by atoms with Crippen LogP contribution in [-0.2, 0) is 6.54 Å². The quantitative estimate of drug-likeness (QED) is 0.800. The monoisotopic (exact) mass is 280 g/mol. The maximum absolute atomic E-state index is 12.4. The summed E-state index contributed by atoms with van der Waals surface area (Å²) >= 11 is 0. The fraction of sp³-hybridized carbons (Fsp3) is 0.188. The Morgan fingerprint density at radius 2 is 2.10 bits per heavy atom. The summed E-state index contributed by atoms with van der Waals surface area (Å²) in [6.07, 6.45) is 3.57. The molecule has 1 amide bonds. The number of nitrogens with one attached hydrogen (secondary N) is 1. The van der Waals surface area contributed by atoms with Gasteiger partial charge in [0.15, 0.2) is 0 Å². The van der Waals surface area contributed by atoms with E-state index in [9.17, 15) is 4.79 Å². The van der Waals surface area contributed by atoms with Crippen LogP contribution < -0.4 is 5.32 Å². The van der Waals surface area contributed by atoms with Gasteiger partial charge in [-0.3, -0.25) is 14.2 Å². The number of nitrogens with zero attached hydrogens (tertiary/aromatic N) is 3. The average molecular weight is 280 g/mol. The summed E-state index contributed by atoms with van der Waals surface area (Å²) in [5, 5.41) is 2.89. The lowest BCUT2D eigenvalue weighted by atomic mass is 10.3. The molecule has 3 rings (SSSR count). The third-order valence-corrected chi connectivity index (χ3v) is 3.39. The molecule has 21 heavy (non-hydrogen) atoms. The van der Waals surface area contributed by atoms with Crippen molar-refractivity contribution in [3.8, 4) is 0 Å². The summed E-state index contributed by atoms with van der Waals surface area (Å²) in [6, 6.07) is 9.53. The van der Waals surface area contributed by atoms with Gasteiger partial charge < -0.3 is 5.32 Å². The van der Waals surface area contributed by atoms with E-state index in [1.54, 1.807) is 6.20 Å². The number of imidazole rings is 1. The molecule has 0 spiro atoms. The average Bonchev–Trinajstić information content (AvgIpc) is 2.84. The normalized spacial score (nSPS) is 10.8. The van der Waals surface area contributed by atoms with Crippen LogP contribution in [0.1, 0.15) is 27.4 Å². The number of hydrogen-bond donors (Lipinski definition) is 1. The van der Waals surface area contributed by atoms with Gasteiger partial charge in [0, 0.05) is 12.4 Å². The Bertz CT molecular complexity index is 793. The van der Waals surface area contributed by atoms with E-state index >= 15 is 0 Å². The molecule has 5 nitrogen and oxygen atoms in total. The molecule has 0 aliphatic carbocycles. The molecule has 3 aromatic rings. The largest absolute Gasteiger partial charge is 0.345 e. The van der Waals surface area contributed by atoms with Gasteiger partial charge in [-0.05, 0) is 37.6 Å². The van der Waals surface area contributed by atoms with Gasteiger partial charge in [-0.1, -0.05) is 12.1 Å². The summed E-state index contributed by atoms with van der Waals surface area (Å²) in [5.74, 6) is -0.142. The molecule has 0 fully saturated rings. The molecule has 0 unspecified atom stereocenters. The van der Waals surface area contributed by atoms with Crippen LogP contribution in [0.15, 0.2) is 42.7 Å². The molecular weight excluding hydrogens is 264 g/mol. The summed E-state index contributed by atoms with van der Waals surface area (Å²) in [5.41, 5.74) is 3.99. The minimum Gasteiger partial charge on any atom is -0.345 e. The first-order valence-electron chi connectivity index (χ1n) is 6.79. The van der Waals surface area contributed by atoms with E-state index in [4.69, 9.17) is 0 Å². The highest BCUT2D eigenvalue weighted by Crippen LogP contribution is 2.15. The maximum atomic E-state index is 12.4. The lowest BCUT2D eigenvalue weighted by Gasteiger charge is -2.06. The zero-order chi connectivity index (χ0) is 14.8. The molecule has 5 heteroatoms. The Labute approximate surface area is 122 Å². The minimum absolute atomic E-state index is 0.142. The smallest absolute Gasteiger partial charge is 0.270 e. The lowest BCUT2D eigenvalue weighted by Crippen LogP contribution is -2.25. The van der Waals surface area contributed by atoms with Gasteiger partial charge in [-0.25, -0.2) is 4.98 Å². The zero-order valence-electron chi connectivity index (χ0n) is 12.0. The van der Waals surface area contributed by atoms with Crippen LogP contribution in [-0.4, -0.2) is 20.3 Å². The number of aryl methyl sites for hydroxylation is 2. The Kier molecular flexibility index (Phi) is 3.39. The molecule has 0 radical (unpaired) electrons. The predicted molar refractivity (Wildman–Crippen MR) is 80.1 cm³/mol. The molecule has 0 saturated carbocycles. The van der Waals surface area contributed by atoms with Crippen LogP contribution in [0.5, 0.6) is 0 Å². The van der Waals surface area contributed by atoms with Crippen LogP contribution in [0.4, 0.5) is 0 Å². The number of carbonyl (C=O) groups excluding carboxylic acids is 1. The number of rotatable bonds is 3. The van der Waals surface area contributed by atoms with Crippen LogP contribution in [0, 0.1) is 13.8 Å². The van der Waals surface area contributed by atoms with Gasteiger partial charge in [-0.15, -0.1) is 0 Å². The highest BCUT2D eigenvalue weighted by atomic mass is 16.1. The van der Waals surface area contributed by atoms with Crippen LogP contribution in [0.2, 0.25) is 0 Å². The van der Waals surface area contributed by atoms with E-state index < -0.39 is 0 Å². The van der Waals surface area contributed by atoms with Gasteiger partial charge in [0.2, 0.25) is 0 Å². The van der Waals surface area contributed by atoms with Crippen LogP contribution in [0.25, 0.3) is 5.65 Å². The maximum Gasteiger partial charge on any atom is 0.270 e. The third kappa shape index (κ3) is 2.50. The highest BCUT2D eigenvalue weighted by Gasteiger charge is 2.17. The number of carbonyl (C=O) groups is 1. The first-order valence-corrected chi connectivity index (χ1v) is 6.79. The van der Waals surface area contributed by atoms with Crippen molar-refractivity contribution in [2.24, 2.45) is 0 Å². The Morgan fingerprint density at radius 1 is 1.24 bits per heavy atom. The van der Waals surface area contributed by atoms with Crippen molar-refractivity contribution >= 4 is 11.6 Å². The molecular formula is C16H16N4O. The number of amides is 1. The topological polar surface area (TPSA) is 59.3 Å². The molecule has 1 N–H and O–H groups in total. The summed E-state index contributed by atoms with van der Waals surface area (Å²) in [6.45, 7) is 4.23. The first-order chi connectivity index (χ1) is 10.2. The van der Waals surface area contributed by atoms with E-state index in [0.29, 0.717) is 12.2 Å². The van der Waals surface area contributed by atoms with Crippen LogP contribution >= 0.6 is 0 Å². The molecule has 106 valence electrons. The molecule has 3 heterocycles. The Morgan fingerprint density at radius 3 is 2.86 bits per heavy atom. The fourth-order valence-corrected chi connectivity index (χ4v) is 2.35. The van der Waals surface area contributed by atoms with E-state index in [2.05, 4.69) is 15.3 Å². The van der Waals surface area contributed by atoms with Gasteiger partial charge in [0.05, 0.1) is 17.9 Å². The second kappa shape index (κ2) is 5.36. The van der Waals surface area contributed by atoms with Gasteiger partial charge in [0.25, 0.3) is 5.91 Å². The van der Waals surface area contributed by atoms with Crippen molar-refractivity contribution in [2.75, 3.05) is 0 Å². The van der Waals surface area contributed by atoms with Crippen molar-refractivity contribution in [3.05, 3.63) is 65.4 Å². The predicted octanol–water partition coefficient (Wildman–Crippen LogP) is 2.28. The van der Waals surface area contributed by atoms with E-state index in [1.165, 1.54) is 0 Å². The number of aromatic nitrogens is 3. The molecule has 0 aliphatic heterocycles. The molecule has 0 saturated heterocycles. The van der Waals surface area contributed by atoms with Gasteiger partial charge >= 0.3 is 0 Å². The summed E-state index contributed by atoms with van der Waals surface area (Å²) < 4.78 is 1.83. The van der Waals surface area contributed by atoms with E-state index in [1.807, 2.05) is 54.8 Å².